The van der Waals surface area contributed by atoms with Crippen LogP contribution in [-0.2, 0) is 6.42 Å². The quantitative estimate of drug-likeness (QED) is 0.868. The molecular formula is C13H17NOS. The van der Waals surface area contributed by atoms with Crippen molar-refractivity contribution in [2.75, 3.05) is 18.8 Å². The van der Waals surface area contributed by atoms with Crippen LogP contribution in [0.2, 0.25) is 0 Å². The lowest BCUT2D eigenvalue weighted by Crippen LogP contribution is -2.35. The molecule has 1 aromatic carbocycles. The van der Waals surface area contributed by atoms with Crippen LogP contribution in [0.4, 0.5) is 0 Å². The first-order chi connectivity index (χ1) is 7.83. The molecule has 3 rings (SSSR count). The molecule has 2 aliphatic rings. The van der Waals surface area contributed by atoms with E-state index < -0.39 is 0 Å². The van der Waals surface area contributed by atoms with Crippen molar-refractivity contribution >= 4 is 11.8 Å². The van der Waals surface area contributed by atoms with Gasteiger partial charge in [0.1, 0.15) is 5.75 Å². The lowest BCUT2D eigenvalue weighted by Gasteiger charge is -2.26. The van der Waals surface area contributed by atoms with E-state index in [2.05, 4.69) is 16.7 Å². The number of benzene rings is 1. The molecule has 2 atom stereocenters. The molecule has 0 radical (unpaired) electrons. The number of hydrogen-bond acceptors (Lipinski definition) is 3. The van der Waals surface area contributed by atoms with Crippen molar-refractivity contribution in [2.24, 2.45) is 0 Å². The zero-order valence-electron chi connectivity index (χ0n) is 9.30. The molecule has 2 aliphatic heterocycles. The maximum absolute atomic E-state index is 9.69. The predicted octanol–water partition coefficient (Wildman–Crippen LogP) is 2.12. The third-order valence-corrected chi connectivity index (χ3v) is 5.06. The second-order valence-corrected chi connectivity index (χ2v) is 6.05. The van der Waals surface area contributed by atoms with Gasteiger partial charge in [0.15, 0.2) is 0 Å². The average Bonchev–Trinajstić information content (AvgIpc) is 2.90. The van der Waals surface area contributed by atoms with E-state index >= 15 is 0 Å². The van der Waals surface area contributed by atoms with Gasteiger partial charge in [0.2, 0.25) is 0 Å². The number of phenols is 1. The number of likely N-dealkylation sites (tertiary alicyclic amines) is 1. The maximum atomic E-state index is 9.69. The summed E-state index contributed by atoms with van der Waals surface area (Å²) in [4.78, 5) is 2.59. The Balaban J connectivity index is 1.59. The number of nitrogens with zero attached hydrogens (tertiary/aromatic N) is 1. The van der Waals surface area contributed by atoms with E-state index in [9.17, 15) is 5.11 Å². The van der Waals surface area contributed by atoms with Gasteiger partial charge in [-0.05, 0) is 24.5 Å². The summed E-state index contributed by atoms with van der Waals surface area (Å²) in [6, 6.07) is 8.49. The second kappa shape index (κ2) is 4.30. The molecule has 0 spiro atoms. The molecule has 0 aliphatic carbocycles. The lowest BCUT2D eigenvalue weighted by molar-refractivity contribution is 0.272. The van der Waals surface area contributed by atoms with E-state index in [0.29, 0.717) is 5.75 Å². The maximum Gasteiger partial charge on any atom is 0.118 e. The van der Waals surface area contributed by atoms with Crippen LogP contribution in [0.3, 0.4) is 0 Å². The molecule has 0 aromatic heterocycles. The molecule has 0 amide bonds. The van der Waals surface area contributed by atoms with Crippen molar-refractivity contribution < 1.29 is 5.11 Å². The number of fused-ring (bicyclic) bond motifs is 2. The summed E-state index contributed by atoms with van der Waals surface area (Å²) >= 11 is 2.13. The normalized spacial score (nSPS) is 28.8. The Morgan fingerprint density at radius 1 is 1.38 bits per heavy atom. The van der Waals surface area contributed by atoms with Crippen molar-refractivity contribution in [3.63, 3.8) is 0 Å². The largest absolute Gasteiger partial charge is 0.508 e. The van der Waals surface area contributed by atoms with E-state index in [1.165, 1.54) is 18.7 Å². The Bertz CT molecular complexity index is 382. The van der Waals surface area contributed by atoms with Gasteiger partial charge < -0.3 is 5.11 Å². The zero-order chi connectivity index (χ0) is 11.0. The Hall–Kier alpha value is -0.670. The molecule has 3 heteroatoms. The summed E-state index contributed by atoms with van der Waals surface area (Å²) in [5.41, 5.74) is 1.08. The third kappa shape index (κ3) is 1.94. The highest BCUT2D eigenvalue weighted by Crippen LogP contribution is 2.37. The van der Waals surface area contributed by atoms with Gasteiger partial charge >= 0.3 is 0 Å². The number of hydrogen-bond donors (Lipinski definition) is 1. The first kappa shape index (κ1) is 10.5. The van der Waals surface area contributed by atoms with Crippen LogP contribution in [0.5, 0.6) is 5.75 Å². The molecule has 1 N–H and O–H groups in total. The van der Waals surface area contributed by atoms with Gasteiger partial charge in [-0.3, -0.25) is 4.90 Å². The monoisotopic (exact) mass is 235 g/mol. The van der Waals surface area contributed by atoms with Crippen molar-refractivity contribution in [1.29, 1.82) is 0 Å². The molecule has 0 saturated carbocycles. The fourth-order valence-electron chi connectivity index (χ4n) is 2.74. The summed E-state index contributed by atoms with van der Waals surface area (Å²) in [5.74, 6) is 1.76. The predicted molar refractivity (Wildman–Crippen MR) is 68.0 cm³/mol. The highest BCUT2D eigenvalue weighted by Gasteiger charge is 2.37. The van der Waals surface area contributed by atoms with Crippen LogP contribution >= 0.6 is 11.8 Å². The molecule has 2 bridgehead atoms. The van der Waals surface area contributed by atoms with Crippen molar-refractivity contribution in [2.45, 2.75) is 24.1 Å². The van der Waals surface area contributed by atoms with Crippen molar-refractivity contribution in [1.82, 2.24) is 4.90 Å². The Labute approximate surface area is 101 Å². The van der Waals surface area contributed by atoms with Gasteiger partial charge in [-0.25, -0.2) is 0 Å². The van der Waals surface area contributed by atoms with Crippen LogP contribution in [-0.4, -0.2) is 40.1 Å². The van der Waals surface area contributed by atoms with Gasteiger partial charge in [-0.15, -0.1) is 0 Å². The van der Waals surface area contributed by atoms with Crippen LogP contribution in [0, 0.1) is 0 Å². The van der Waals surface area contributed by atoms with Gasteiger partial charge in [0, 0.05) is 30.1 Å². The van der Waals surface area contributed by atoms with Crippen molar-refractivity contribution in [3.05, 3.63) is 29.8 Å². The molecule has 2 nitrogen and oxygen atoms in total. The standard InChI is InChI=1S/C13H17NOS/c15-13-4-2-1-3-10(13)5-6-14-8-12-7-11(14)9-16-12/h1-4,11-12,15H,5-9H2. The summed E-state index contributed by atoms with van der Waals surface area (Å²) in [6.45, 7) is 2.35. The Morgan fingerprint density at radius 3 is 2.94 bits per heavy atom. The molecule has 1 aromatic rings. The molecule has 2 fully saturated rings. The fourth-order valence-corrected chi connectivity index (χ4v) is 4.24. The summed E-state index contributed by atoms with van der Waals surface area (Å²) < 4.78 is 0. The molecule has 2 saturated heterocycles. The van der Waals surface area contributed by atoms with Crippen LogP contribution < -0.4 is 0 Å². The van der Waals surface area contributed by atoms with Gasteiger partial charge in [-0.1, -0.05) is 18.2 Å². The Kier molecular flexibility index (Phi) is 2.82. The molecule has 86 valence electrons. The smallest absolute Gasteiger partial charge is 0.118 e. The van der Waals surface area contributed by atoms with E-state index in [1.54, 1.807) is 6.07 Å². The molecular weight excluding hydrogens is 218 g/mol. The number of phenolic OH excluding ortho intramolecular Hbond substituents is 1. The third-order valence-electron chi connectivity index (χ3n) is 3.67. The van der Waals surface area contributed by atoms with E-state index in [0.717, 1.165) is 29.8 Å². The number of rotatable bonds is 3. The topological polar surface area (TPSA) is 23.5 Å². The van der Waals surface area contributed by atoms with Gasteiger partial charge in [0.05, 0.1) is 0 Å². The van der Waals surface area contributed by atoms with E-state index in [-0.39, 0.29) is 0 Å². The number of thioether (sulfide) groups is 1. The summed E-state index contributed by atoms with van der Waals surface area (Å²) in [7, 11) is 0. The van der Waals surface area contributed by atoms with Gasteiger partial charge in [-0.2, -0.15) is 11.8 Å². The SMILES string of the molecule is Oc1ccccc1CCN1CC2CC1CS2. The molecule has 16 heavy (non-hydrogen) atoms. The molecule has 2 heterocycles. The minimum absolute atomic E-state index is 0.446. The highest BCUT2D eigenvalue weighted by atomic mass is 32.2. The number of aromatic hydroxyl groups is 1. The zero-order valence-corrected chi connectivity index (χ0v) is 10.1. The fraction of sp³-hybridized carbons (Fsp3) is 0.538. The van der Waals surface area contributed by atoms with Crippen LogP contribution in [0.1, 0.15) is 12.0 Å². The van der Waals surface area contributed by atoms with Crippen LogP contribution in [0.25, 0.3) is 0 Å². The highest BCUT2D eigenvalue weighted by molar-refractivity contribution is 8.00. The minimum Gasteiger partial charge on any atom is -0.508 e. The number of para-hydroxylation sites is 1. The Morgan fingerprint density at radius 2 is 2.25 bits per heavy atom. The molecule has 2 unspecified atom stereocenters. The lowest BCUT2D eigenvalue weighted by atomic mass is 10.1. The second-order valence-electron chi connectivity index (χ2n) is 4.72. The minimum atomic E-state index is 0.446. The average molecular weight is 235 g/mol. The summed E-state index contributed by atoms with van der Waals surface area (Å²) in [6.07, 6.45) is 2.35. The van der Waals surface area contributed by atoms with Gasteiger partial charge in [0.25, 0.3) is 0 Å². The van der Waals surface area contributed by atoms with Crippen molar-refractivity contribution in [3.8, 4) is 5.75 Å². The van der Waals surface area contributed by atoms with Crippen LogP contribution in [0.15, 0.2) is 24.3 Å². The summed E-state index contributed by atoms with van der Waals surface area (Å²) in [5, 5.41) is 10.6. The first-order valence-electron chi connectivity index (χ1n) is 5.95. The van der Waals surface area contributed by atoms with E-state index in [4.69, 9.17) is 0 Å². The van der Waals surface area contributed by atoms with E-state index in [1.807, 2.05) is 18.2 Å². The first-order valence-corrected chi connectivity index (χ1v) is 7.00.